The van der Waals surface area contributed by atoms with Gasteiger partial charge in [0.25, 0.3) is 0 Å². The molecule has 0 bridgehead atoms. The van der Waals surface area contributed by atoms with Gasteiger partial charge in [0.2, 0.25) is 0 Å². The van der Waals surface area contributed by atoms with E-state index in [1.165, 1.54) is 19.2 Å². The molecule has 2 N–H and O–H groups in total. The average molecular weight is 238 g/mol. The minimum atomic E-state index is -0.580. The average Bonchev–Trinajstić information content (AvgIpc) is 2.27. The fraction of sp³-hybridized carbons (Fsp3) is 0.0909. The third-order valence-electron chi connectivity index (χ3n) is 1.81. The van der Waals surface area contributed by atoms with Gasteiger partial charge in [-0.05, 0) is 18.1 Å². The molecule has 0 spiro atoms. The van der Waals surface area contributed by atoms with Crippen molar-refractivity contribution in [1.82, 2.24) is 0 Å². The Morgan fingerprint density at radius 1 is 1.56 bits per heavy atom. The standard InChI is InChI=1S/C11H8ClNO3/c1-16-11(15)8-5-7(3-2-4-14)9(12)6-10(8)13/h4-6H,13H2,1H3. The number of nitrogens with two attached hydrogens (primary N) is 1. The highest BCUT2D eigenvalue weighted by molar-refractivity contribution is 6.32. The highest BCUT2D eigenvalue weighted by Gasteiger charge is 2.12. The molecule has 0 amide bonds. The smallest absolute Gasteiger partial charge is 0.340 e. The molecular formula is C11H8ClNO3. The van der Waals surface area contributed by atoms with Crippen molar-refractivity contribution in [2.24, 2.45) is 0 Å². The van der Waals surface area contributed by atoms with Crippen molar-refractivity contribution < 1.29 is 14.3 Å². The fourth-order valence-electron chi connectivity index (χ4n) is 1.08. The molecule has 4 nitrogen and oxygen atoms in total. The van der Waals surface area contributed by atoms with Crippen LogP contribution in [0.2, 0.25) is 5.02 Å². The molecule has 0 radical (unpaired) electrons. The van der Waals surface area contributed by atoms with E-state index in [4.69, 9.17) is 17.3 Å². The van der Waals surface area contributed by atoms with Gasteiger partial charge in [-0.3, -0.25) is 4.79 Å². The number of anilines is 1. The lowest BCUT2D eigenvalue weighted by Gasteiger charge is -2.05. The van der Waals surface area contributed by atoms with Crippen molar-refractivity contribution in [2.45, 2.75) is 0 Å². The molecule has 0 aromatic heterocycles. The maximum absolute atomic E-state index is 11.3. The summed E-state index contributed by atoms with van der Waals surface area (Å²) < 4.78 is 4.54. The minimum absolute atomic E-state index is 0.169. The molecule has 16 heavy (non-hydrogen) atoms. The first kappa shape index (κ1) is 12.1. The summed E-state index contributed by atoms with van der Waals surface area (Å²) in [5.74, 6) is 4.12. The highest BCUT2D eigenvalue weighted by Crippen LogP contribution is 2.23. The quantitative estimate of drug-likeness (QED) is 0.346. The van der Waals surface area contributed by atoms with Gasteiger partial charge in [-0.1, -0.05) is 17.5 Å². The number of methoxy groups -OCH3 is 1. The normalized spacial score (nSPS) is 8.88. The zero-order chi connectivity index (χ0) is 12.1. The summed E-state index contributed by atoms with van der Waals surface area (Å²) >= 11 is 5.83. The van der Waals surface area contributed by atoms with Crippen molar-refractivity contribution in [2.75, 3.05) is 12.8 Å². The number of benzene rings is 1. The molecule has 0 aliphatic carbocycles. The number of esters is 1. The third kappa shape index (κ3) is 2.53. The van der Waals surface area contributed by atoms with E-state index in [0.717, 1.165) is 0 Å². The van der Waals surface area contributed by atoms with Crippen LogP contribution in [0.4, 0.5) is 5.69 Å². The third-order valence-corrected chi connectivity index (χ3v) is 2.12. The van der Waals surface area contributed by atoms with Gasteiger partial charge in [-0.15, -0.1) is 0 Å². The van der Waals surface area contributed by atoms with Gasteiger partial charge in [0.1, 0.15) is 0 Å². The van der Waals surface area contributed by atoms with Gasteiger partial charge in [-0.2, -0.15) is 0 Å². The zero-order valence-corrected chi connectivity index (χ0v) is 9.17. The molecule has 0 saturated heterocycles. The van der Waals surface area contributed by atoms with Crippen LogP contribution in [0.15, 0.2) is 12.1 Å². The molecule has 1 aromatic carbocycles. The van der Waals surface area contributed by atoms with Crippen molar-refractivity contribution in [3.63, 3.8) is 0 Å². The van der Waals surface area contributed by atoms with Crippen LogP contribution in [0.1, 0.15) is 15.9 Å². The summed E-state index contributed by atoms with van der Waals surface area (Å²) in [5.41, 5.74) is 6.31. The Morgan fingerprint density at radius 2 is 2.25 bits per heavy atom. The van der Waals surface area contributed by atoms with Crippen molar-refractivity contribution in [3.8, 4) is 11.8 Å². The second kappa shape index (κ2) is 5.19. The summed E-state index contributed by atoms with van der Waals surface area (Å²) in [6.45, 7) is 0. The molecule has 5 heteroatoms. The molecule has 1 aromatic rings. The number of hydrogen-bond acceptors (Lipinski definition) is 4. The van der Waals surface area contributed by atoms with Gasteiger partial charge >= 0.3 is 5.97 Å². The first-order chi connectivity index (χ1) is 7.60. The fourth-order valence-corrected chi connectivity index (χ4v) is 1.30. The number of rotatable bonds is 1. The van der Waals surface area contributed by atoms with E-state index >= 15 is 0 Å². The van der Waals surface area contributed by atoms with Crippen molar-refractivity contribution >= 4 is 29.5 Å². The van der Waals surface area contributed by atoms with Crippen LogP contribution in [0, 0.1) is 11.8 Å². The zero-order valence-electron chi connectivity index (χ0n) is 8.41. The van der Waals surface area contributed by atoms with Gasteiger partial charge in [0.05, 0.1) is 17.7 Å². The number of hydrogen-bond donors (Lipinski definition) is 1. The van der Waals surface area contributed by atoms with Crippen LogP contribution < -0.4 is 5.73 Å². The van der Waals surface area contributed by atoms with Crippen LogP contribution in [0.5, 0.6) is 0 Å². The first-order valence-electron chi connectivity index (χ1n) is 4.22. The number of nitrogen functional groups attached to an aromatic ring is 1. The van der Waals surface area contributed by atoms with Crippen LogP contribution in [0.3, 0.4) is 0 Å². The Bertz CT molecular complexity index is 500. The maximum atomic E-state index is 11.3. The van der Waals surface area contributed by atoms with Gasteiger partial charge < -0.3 is 10.5 Å². The van der Waals surface area contributed by atoms with Gasteiger partial charge in [0, 0.05) is 11.3 Å². The Kier molecular flexibility index (Phi) is 3.92. The molecular weight excluding hydrogens is 230 g/mol. The summed E-state index contributed by atoms with van der Waals surface area (Å²) in [6.07, 6.45) is 0.435. The Morgan fingerprint density at radius 3 is 2.81 bits per heavy atom. The Hall–Kier alpha value is -1.99. The topological polar surface area (TPSA) is 69.4 Å². The van der Waals surface area contributed by atoms with Crippen LogP contribution in [-0.4, -0.2) is 19.4 Å². The molecule has 0 atom stereocenters. The van der Waals surface area contributed by atoms with Crippen LogP contribution in [-0.2, 0) is 9.53 Å². The lowest BCUT2D eigenvalue weighted by atomic mass is 10.1. The van der Waals surface area contributed by atoms with E-state index in [-0.39, 0.29) is 16.3 Å². The van der Waals surface area contributed by atoms with E-state index in [0.29, 0.717) is 11.8 Å². The summed E-state index contributed by atoms with van der Waals surface area (Å²) in [6, 6.07) is 2.78. The second-order valence-electron chi connectivity index (χ2n) is 2.80. The number of halogens is 1. The molecule has 0 heterocycles. The molecule has 1 rings (SSSR count). The lowest BCUT2D eigenvalue weighted by Crippen LogP contribution is -2.06. The van der Waals surface area contributed by atoms with E-state index in [1.807, 2.05) is 0 Å². The highest BCUT2D eigenvalue weighted by atomic mass is 35.5. The lowest BCUT2D eigenvalue weighted by molar-refractivity contribution is -0.103. The van der Waals surface area contributed by atoms with E-state index in [9.17, 15) is 9.59 Å². The molecule has 0 saturated carbocycles. The number of carbonyl (C=O) groups excluding carboxylic acids is 2. The maximum Gasteiger partial charge on any atom is 0.340 e. The van der Waals surface area contributed by atoms with Gasteiger partial charge in [-0.25, -0.2) is 4.79 Å². The molecule has 0 fully saturated rings. The first-order valence-corrected chi connectivity index (χ1v) is 4.60. The molecule has 0 aliphatic rings. The Labute approximate surface area is 97.3 Å². The molecule has 82 valence electrons. The number of carbonyl (C=O) groups is 2. The largest absolute Gasteiger partial charge is 0.465 e. The SMILES string of the molecule is COC(=O)c1cc(C#CC=O)c(Cl)cc1N. The number of aldehydes is 1. The van der Waals surface area contributed by atoms with Crippen LogP contribution >= 0.6 is 11.6 Å². The predicted molar refractivity (Wildman–Crippen MR) is 60.1 cm³/mol. The molecule has 0 unspecified atom stereocenters. The van der Waals surface area contributed by atoms with Crippen molar-refractivity contribution in [1.29, 1.82) is 0 Å². The van der Waals surface area contributed by atoms with E-state index < -0.39 is 5.97 Å². The van der Waals surface area contributed by atoms with E-state index in [1.54, 1.807) is 0 Å². The number of ether oxygens (including phenoxy) is 1. The summed E-state index contributed by atoms with van der Waals surface area (Å²) in [7, 11) is 1.24. The van der Waals surface area contributed by atoms with Crippen molar-refractivity contribution in [3.05, 3.63) is 28.3 Å². The Balaban J connectivity index is 3.32. The predicted octanol–water partition coefficient (Wildman–Crippen LogP) is 1.26. The minimum Gasteiger partial charge on any atom is -0.465 e. The monoisotopic (exact) mass is 237 g/mol. The molecule has 0 aliphatic heterocycles. The van der Waals surface area contributed by atoms with Gasteiger partial charge in [0.15, 0.2) is 6.29 Å². The summed E-state index contributed by atoms with van der Waals surface area (Å²) in [5, 5.41) is 0.277. The van der Waals surface area contributed by atoms with Crippen LogP contribution in [0.25, 0.3) is 0 Å². The second-order valence-corrected chi connectivity index (χ2v) is 3.21. The summed E-state index contributed by atoms with van der Waals surface area (Å²) in [4.78, 5) is 21.4. The van der Waals surface area contributed by atoms with E-state index in [2.05, 4.69) is 16.6 Å².